The first kappa shape index (κ1) is 14.1. The molecule has 1 aliphatic rings. The van der Waals surface area contributed by atoms with Gasteiger partial charge in [0.2, 0.25) is 0 Å². The molecule has 106 valence electrons. The van der Waals surface area contributed by atoms with Gasteiger partial charge in [0, 0.05) is 25.3 Å². The van der Waals surface area contributed by atoms with Gasteiger partial charge in [-0.05, 0) is 45.4 Å². The van der Waals surface area contributed by atoms with Crippen LogP contribution >= 0.6 is 0 Å². The largest absolute Gasteiger partial charge is 0.487 e. The van der Waals surface area contributed by atoms with E-state index in [0.29, 0.717) is 6.04 Å². The summed E-state index contributed by atoms with van der Waals surface area (Å²) in [4.78, 5) is 6.97. The number of rotatable bonds is 6. The van der Waals surface area contributed by atoms with Crippen LogP contribution in [0.4, 0.5) is 5.82 Å². The number of hydrogen-bond donors (Lipinski definition) is 1. The van der Waals surface area contributed by atoms with Crippen molar-refractivity contribution in [3.8, 4) is 5.75 Å². The standard InChI is InChI=1S/C15H25N3O/c1-4-10-18(13-7-9-16-11-13)15-14(19-12(2)3)6-5-8-17-15/h5-6,8,12-13,16H,4,7,9-11H2,1-3H3. The first-order chi connectivity index (χ1) is 9.22. The predicted molar refractivity (Wildman–Crippen MR) is 78.9 cm³/mol. The Balaban J connectivity index is 2.24. The molecule has 2 heterocycles. The minimum absolute atomic E-state index is 0.174. The van der Waals surface area contributed by atoms with Crippen LogP contribution < -0.4 is 15.0 Å². The van der Waals surface area contributed by atoms with Gasteiger partial charge in [-0.3, -0.25) is 0 Å². The summed E-state index contributed by atoms with van der Waals surface area (Å²) < 4.78 is 5.91. The molecule has 0 spiro atoms. The lowest BCUT2D eigenvalue weighted by atomic mass is 10.2. The lowest BCUT2D eigenvalue weighted by Gasteiger charge is -2.31. The molecule has 19 heavy (non-hydrogen) atoms. The van der Waals surface area contributed by atoms with Crippen LogP contribution in [-0.2, 0) is 0 Å². The average molecular weight is 263 g/mol. The van der Waals surface area contributed by atoms with Crippen LogP contribution in [0, 0.1) is 0 Å². The monoisotopic (exact) mass is 263 g/mol. The number of hydrogen-bond acceptors (Lipinski definition) is 4. The number of pyridine rings is 1. The Morgan fingerprint density at radius 3 is 3.00 bits per heavy atom. The maximum absolute atomic E-state index is 5.91. The molecule has 1 unspecified atom stereocenters. The van der Waals surface area contributed by atoms with Gasteiger partial charge in [0.25, 0.3) is 0 Å². The molecular weight excluding hydrogens is 238 g/mol. The van der Waals surface area contributed by atoms with Crippen molar-refractivity contribution in [2.24, 2.45) is 0 Å². The van der Waals surface area contributed by atoms with Crippen molar-refractivity contribution in [3.63, 3.8) is 0 Å². The SMILES string of the molecule is CCCN(c1ncccc1OC(C)C)C1CCNC1. The Hall–Kier alpha value is -1.29. The second-order valence-corrected chi connectivity index (χ2v) is 5.33. The fourth-order valence-electron chi connectivity index (χ4n) is 2.55. The van der Waals surface area contributed by atoms with Gasteiger partial charge in [0.05, 0.1) is 6.10 Å². The van der Waals surface area contributed by atoms with E-state index in [2.05, 4.69) is 36.0 Å². The van der Waals surface area contributed by atoms with Crippen molar-refractivity contribution in [2.45, 2.75) is 45.8 Å². The zero-order chi connectivity index (χ0) is 13.7. The molecule has 4 nitrogen and oxygen atoms in total. The topological polar surface area (TPSA) is 37.4 Å². The van der Waals surface area contributed by atoms with E-state index in [1.165, 1.54) is 6.42 Å². The number of aromatic nitrogens is 1. The van der Waals surface area contributed by atoms with Gasteiger partial charge >= 0.3 is 0 Å². The van der Waals surface area contributed by atoms with Gasteiger partial charge in [0.15, 0.2) is 11.6 Å². The van der Waals surface area contributed by atoms with Crippen LogP contribution in [0.3, 0.4) is 0 Å². The van der Waals surface area contributed by atoms with E-state index >= 15 is 0 Å². The number of anilines is 1. The third kappa shape index (κ3) is 3.60. The van der Waals surface area contributed by atoms with E-state index in [1.54, 1.807) is 0 Å². The molecule has 0 radical (unpaired) electrons. The van der Waals surface area contributed by atoms with Crippen LogP contribution in [0.15, 0.2) is 18.3 Å². The first-order valence-electron chi connectivity index (χ1n) is 7.31. The molecule has 0 saturated carbocycles. The summed E-state index contributed by atoms with van der Waals surface area (Å²) in [5.74, 6) is 1.89. The summed E-state index contributed by atoms with van der Waals surface area (Å²) in [6.07, 6.45) is 4.33. The third-order valence-corrected chi connectivity index (χ3v) is 3.33. The quantitative estimate of drug-likeness (QED) is 0.855. The molecule has 0 aromatic carbocycles. The zero-order valence-corrected chi connectivity index (χ0v) is 12.2. The first-order valence-corrected chi connectivity index (χ1v) is 7.31. The van der Waals surface area contributed by atoms with Crippen LogP contribution in [0.1, 0.15) is 33.6 Å². The molecule has 1 aromatic rings. The Bertz CT molecular complexity index is 389. The minimum Gasteiger partial charge on any atom is -0.487 e. The summed E-state index contributed by atoms with van der Waals surface area (Å²) in [5.41, 5.74) is 0. The van der Waals surface area contributed by atoms with E-state index in [-0.39, 0.29) is 6.10 Å². The van der Waals surface area contributed by atoms with Crippen LogP contribution in [0.5, 0.6) is 5.75 Å². The second-order valence-electron chi connectivity index (χ2n) is 5.33. The van der Waals surface area contributed by atoms with Crippen LogP contribution in [0.2, 0.25) is 0 Å². The third-order valence-electron chi connectivity index (χ3n) is 3.33. The maximum atomic E-state index is 5.91. The van der Waals surface area contributed by atoms with Crippen LogP contribution in [-0.4, -0.2) is 36.8 Å². The molecule has 0 bridgehead atoms. The van der Waals surface area contributed by atoms with Gasteiger partial charge in [-0.15, -0.1) is 0 Å². The highest BCUT2D eigenvalue weighted by molar-refractivity contribution is 5.53. The van der Waals surface area contributed by atoms with E-state index in [0.717, 1.165) is 37.6 Å². The second kappa shape index (κ2) is 6.75. The van der Waals surface area contributed by atoms with Crippen molar-refractivity contribution in [3.05, 3.63) is 18.3 Å². The normalized spacial score (nSPS) is 18.8. The molecule has 1 saturated heterocycles. The Kier molecular flexibility index (Phi) is 5.02. The molecule has 0 aliphatic carbocycles. The van der Waals surface area contributed by atoms with Gasteiger partial charge in [-0.2, -0.15) is 0 Å². The van der Waals surface area contributed by atoms with Crippen molar-refractivity contribution < 1.29 is 4.74 Å². The highest BCUT2D eigenvalue weighted by Gasteiger charge is 2.25. The molecule has 1 aromatic heterocycles. The van der Waals surface area contributed by atoms with Crippen molar-refractivity contribution in [1.82, 2.24) is 10.3 Å². The van der Waals surface area contributed by atoms with Gasteiger partial charge in [-0.1, -0.05) is 6.92 Å². The summed E-state index contributed by atoms with van der Waals surface area (Å²) in [6.45, 7) is 9.48. The summed E-state index contributed by atoms with van der Waals surface area (Å²) in [5, 5.41) is 3.43. The van der Waals surface area contributed by atoms with E-state index < -0.39 is 0 Å². The predicted octanol–water partition coefficient (Wildman–Crippen LogP) is 2.45. The van der Waals surface area contributed by atoms with Crippen molar-refractivity contribution >= 4 is 5.82 Å². The zero-order valence-electron chi connectivity index (χ0n) is 12.2. The summed E-state index contributed by atoms with van der Waals surface area (Å²) in [7, 11) is 0. The Morgan fingerprint density at radius 1 is 1.53 bits per heavy atom. The lowest BCUT2D eigenvalue weighted by molar-refractivity contribution is 0.241. The van der Waals surface area contributed by atoms with E-state index in [9.17, 15) is 0 Å². The molecular formula is C15H25N3O. The van der Waals surface area contributed by atoms with Crippen molar-refractivity contribution in [2.75, 3.05) is 24.5 Å². The molecule has 4 heteroatoms. The van der Waals surface area contributed by atoms with Crippen LogP contribution in [0.25, 0.3) is 0 Å². The maximum Gasteiger partial charge on any atom is 0.171 e. The highest BCUT2D eigenvalue weighted by Crippen LogP contribution is 2.29. The number of ether oxygens (including phenoxy) is 1. The van der Waals surface area contributed by atoms with Gasteiger partial charge in [-0.25, -0.2) is 4.98 Å². The summed E-state index contributed by atoms with van der Waals surface area (Å²) in [6, 6.07) is 4.50. The lowest BCUT2D eigenvalue weighted by Crippen LogP contribution is -2.38. The minimum atomic E-state index is 0.174. The number of nitrogens with one attached hydrogen (secondary N) is 1. The average Bonchev–Trinajstić information content (AvgIpc) is 2.90. The number of nitrogens with zero attached hydrogens (tertiary/aromatic N) is 2. The Morgan fingerprint density at radius 2 is 2.37 bits per heavy atom. The molecule has 2 rings (SSSR count). The van der Waals surface area contributed by atoms with E-state index in [4.69, 9.17) is 4.74 Å². The van der Waals surface area contributed by atoms with E-state index in [1.807, 2.05) is 18.3 Å². The molecule has 1 atom stereocenters. The van der Waals surface area contributed by atoms with Gasteiger partial charge < -0.3 is 15.0 Å². The molecule has 1 N–H and O–H groups in total. The fourth-order valence-corrected chi connectivity index (χ4v) is 2.55. The highest BCUT2D eigenvalue weighted by atomic mass is 16.5. The Labute approximate surface area is 116 Å². The summed E-state index contributed by atoms with van der Waals surface area (Å²) >= 11 is 0. The smallest absolute Gasteiger partial charge is 0.171 e. The molecule has 0 amide bonds. The fraction of sp³-hybridized carbons (Fsp3) is 0.667. The molecule has 1 aliphatic heterocycles. The molecule has 1 fully saturated rings. The van der Waals surface area contributed by atoms with Crippen molar-refractivity contribution in [1.29, 1.82) is 0 Å². The van der Waals surface area contributed by atoms with Gasteiger partial charge in [0.1, 0.15) is 0 Å².